The summed E-state index contributed by atoms with van der Waals surface area (Å²) in [6, 6.07) is 7.22. The van der Waals surface area contributed by atoms with E-state index in [0.717, 1.165) is 17.7 Å². The Kier molecular flexibility index (Phi) is 6.07. The Labute approximate surface area is 166 Å². The second kappa shape index (κ2) is 8.19. The number of rotatable bonds is 6. The molecule has 7 nitrogen and oxygen atoms in total. The van der Waals surface area contributed by atoms with Crippen LogP contribution >= 0.6 is 0 Å². The van der Waals surface area contributed by atoms with Crippen LogP contribution in [0, 0.1) is 0 Å². The molecule has 0 radical (unpaired) electrons. The SMILES string of the molecule is CC(C)(CC(=O)N[C@@H]1CCc2ccccc2NC1=O)NC[C@H]1COC(C)(C)O1. The normalized spacial score (nSPS) is 24.2. The lowest BCUT2D eigenvalue weighted by atomic mass is 9.99. The van der Waals surface area contributed by atoms with Crippen LogP contribution in [-0.2, 0) is 25.5 Å². The van der Waals surface area contributed by atoms with Gasteiger partial charge in [0.1, 0.15) is 6.04 Å². The van der Waals surface area contributed by atoms with Crippen LogP contribution in [0.5, 0.6) is 0 Å². The molecule has 3 N–H and O–H groups in total. The summed E-state index contributed by atoms with van der Waals surface area (Å²) < 4.78 is 11.4. The van der Waals surface area contributed by atoms with Gasteiger partial charge in [-0.05, 0) is 52.2 Å². The van der Waals surface area contributed by atoms with E-state index in [1.54, 1.807) is 0 Å². The number of hydrogen-bond donors (Lipinski definition) is 3. The van der Waals surface area contributed by atoms with E-state index in [9.17, 15) is 9.59 Å². The van der Waals surface area contributed by atoms with Crippen molar-refractivity contribution in [2.24, 2.45) is 0 Å². The van der Waals surface area contributed by atoms with Crippen molar-refractivity contribution < 1.29 is 19.1 Å². The molecule has 0 spiro atoms. The van der Waals surface area contributed by atoms with Crippen LogP contribution in [0.15, 0.2) is 24.3 Å². The van der Waals surface area contributed by atoms with Gasteiger partial charge in [0.2, 0.25) is 11.8 Å². The fourth-order valence-electron chi connectivity index (χ4n) is 3.61. The highest BCUT2D eigenvalue weighted by Gasteiger charge is 2.34. The van der Waals surface area contributed by atoms with Crippen molar-refractivity contribution in [2.75, 3.05) is 18.5 Å². The molecule has 2 aliphatic heterocycles. The van der Waals surface area contributed by atoms with E-state index in [1.807, 2.05) is 52.0 Å². The molecule has 2 atom stereocenters. The molecular formula is C21H31N3O4. The lowest BCUT2D eigenvalue weighted by Crippen LogP contribution is -2.50. The maximum Gasteiger partial charge on any atom is 0.246 e. The Morgan fingerprint density at radius 3 is 2.79 bits per heavy atom. The molecule has 2 amide bonds. The number of carbonyl (C=O) groups excluding carboxylic acids is 2. The third kappa shape index (κ3) is 5.53. The molecule has 154 valence electrons. The first-order chi connectivity index (χ1) is 13.1. The van der Waals surface area contributed by atoms with Gasteiger partial charge >= 0.3 is 0 Å². The van der Waals surface area contributed by atoms with E-state index >= 15 is 0 Å². The zero-order valence-electron chi connectivity index (χ0n) is 17.1. The summed E-state index contributed by atoms with van der Waals surface area (Å²) in [5.74, 6) is -0.867. The summed E-state index contributed by atoms with van der Waals surface area (Å²) >= 11 is 0. The molecular weight excluding hydrogens is 358 g/mol. The average Bonchev–Trinajstić information content (AvgIpc) is 2.88. The van der Waals surface area contributed by atoms with Crippen LogP contribution in [0.1, 0.15) is 46.1 Å². The third-order valence-corrected chi connectivity index (χ3v) is 5.11. The molecule has 3 rings (SSSR count). The molecule has 2 aliphatic rings. The molecule has 1 saturated heterocycles. The van der Waals surface area contributed by atoms with Crippen LogP contribution in [0.25, 0.3) is 0 Å². The average molecular weight is 389 g/mol. The number of nitrogens with one attached hydrogen (secondary N) is 3. The van der Waals surface area contributed by atoms with Crippen molar-refractivity contribution >= 4 is 17.5 Å². The smallest absolute Gasteiger partial charge is 0.246 e. The lowest BCUT2D eigenvalue weighted by molar-refractivity contribution is -0.138. The molecule has 28 heavy (non-hydrogen) atoms. The molecule has 1 aromatic carbocycles. The van der Waals surface area contributed by atoms with Gasteiger partial charge < -0.3 is 25.4 Å². The highest BCUT2D eigenvalue weighted by atomic mass is 16.7. The van der Waals surface area contributed by atoms with E-state index in [0.29, 0.717) is 19.6 Å². The Hall–Kier alpha value is -1.96. The number of anilines is 1. The summed E-state index contributed by atoms with van der Waals surface area (Å²) in [7, 11) is 0. The number of ether oxygens (including phenoxy) is 2. The minimum atomic E-state index is -0.557. The molecule has 1 fully saturated rings. The molecule has 1 aromatic rings. The van der Waals surface area contributed by atoms with Gasteiger partial charge in [0.05, 0.1) is 12.7 Å². The standard InChI is InChI=1S/C21H31N3O4/c1-20(2,22-12-15-13-27-21(3,4)28-15)11-18(25)23-17-10-9-14-7-5-6-8-16(14)24-19(17)26/h5-8,15,17,22H,9-13H2,1-4H3,(H,23,25)(H,24,26)/t15-,17+/m0/s1. The molecule has 0 saturated carbocycles. The predicted octanol–water partition coefficient (Wildman–Crippen LogP) is 1.97. The van der Waals surface area contributed by atoms with Crippen molar-refractivity contribution in [1.82, 2.24) is 10.6 Å². The van der Waals surface area contributed by atoms with Gasteiger partial charge in [0, 0.05) is 24.2 Å². The first-order valence-corrected chi connectivity index (χ1v) is 9.88. The topological polar surface area (TPSA) is 88.7 Å². The highest BCUT2D eigenvalue weighted by molar-refractivity contribution is 5.98. The van der Waals surface area contributed by atoms with Crippen molar-refractivity contribution in [3.8, 4) is 0 Å². The number of para-hydroxylation sites is 1. The molecule has 7 heteroatoms. The molecule has 0 aromatic heterocycles. The molecule has 2 heterocycles. The van der Waals surface area contributed by atoms with E-state index in [1.165, 1.54) is 0 Å². The minimum absolute atomic E-state index is 0.0384. The highest BCUT2D eigenvalue weighted by Crippen LogP contribution is 2.23. The van der Waals surface area contributed by atoms with Crippen LogP contribution in [0.3, 0.4) is 0 Å². The zero-order chi connectivity index (χ0) is 20.4. The number of amides is 2. The fourth-order valence-corrected chi connectivity index (χ4v) is 3.61. The summed E-state index contributed by atoms with van der Waals surface area (Å²) in [4.78, 5) is 25.0. The van der Waals surface area contributed by atoms with E-state index in [4.69, 9.17) is 9.47 Å². The van der Waals surface area contributed by atoms with Gasteiger partial charge in [-0.3, -0.25) is 9.59 Å². The van der Waals surface area contributed by atoms with Crippen molar-refractivity contribution in [1.29, 1.82) is 0 Å². The first kappa shape index (κ1) is 20.8. The fraction of sp³-hybridized carbons (Fsp3) is 0.619. The number of fused-ring (bicyclic) bond motifs is 1. The van der Waals surface area contributed by atoms with E-state index in [2.05, 4.69) is 16.0 Å². The van der Waals surface area contributed by atoms with Crippen LogP contribution in [-0.4, -0.2) is 48.4 Å². The molecule has 0 unspecified atom stereocenters. The Morgan fingerprint density at radius 2 is 2.07 bits per heavy atom. The van der Waals surface area contributed by atoms with Crippen LogP contribution < -0.4 is 16.0 Å². The number of benzene rings is 1. The Morgan fingerprint density at radius 1 is 1.32 bits per heavy atom. The monoisotopic (exact) mass is 389 g/mol. The van der Waals surface area contributed by atoms with Crippen LogP contribution in [0.2, 0.25) is 0 Å². The van der Waals surface area contributed by atoms with Gasteiger partial charge in [-0.25, -0.2) is 0 Å². The summed E-state index contributed by atoms with van der Waals surface area (Å²) in [5, 5.41) is 9.18. The second-order valence-electron chi connectivity index (χ2n) is 8.70. The van der Waals surface area contributed by atoms with Crippen molar-refractivity contribution in [3.63, 3.8) is 0 Å². The lowest BCUT2D eigenvalue weighted by Gasteiger charge is -2.28. The zero-order valence-corrected chi connectivity index (χ0v) is 17.1. The molecule has 0 aliphatic carbocycles. The largest absolute Gasteiger partial charge is 0.348 e. The quantitative estimate of drug-likeness (QED) is 0.692. The summed E-state index contributed by atoms with van der Waals surface area (Å²) in [6.07, 6.45) is 1.56. The van der Waals surface area contributed by atoms with Gasteiger partial charge in [0.15, 0.2) is 5.79 Å². The Balaban J connectivity index is 1.48. The predicted molar refractivity (Wildman–Crippen MR) is 107 cm³/mol. The number of carbonyl (C=O) groups is 2. The van der Waals surface area contributed by atoms with Gasteiger partial charge in [-0.1, -0.05) is 18.2 Å². The second-order valence-corrected chi connectivity index (χ2v) is 8.70. The van der Waals surface area contributed by atoms with Gasteiger partial charge in [-0.15, -0.1) is 0 Å². The Bertz CT molecular complexity index is 732. The van der Waals surface area contributed by atoms with Gasteiger partial charge in [-0.2, -0.15) is 0 Å². The van der Waals surface area contributed by atoms with Crippen molar-refractivity contribution in [3.05, 3.63) is 29.8 Å². The summed E-state index contributed by atoms with van der Waals surface area (Å²) in [5.41, 5.74) is 1.49. The van der Waals surface area contributed by atoms with Gasteiger partial charge in [0.25, 0.3) is 0 Å². The molecule has 0 bridgehead atoms. The van der Waals surface area contributed by atoms with Crippen molar-refractivity contribution in [2.45, 2.75) is 70.4 Å². The first-order valence-electron chi connectivity index (χ1n) is 9.88. The van der Waals surface area contributed by atoms with E-state index < -0.39 is 17.4 Å². The summed E-state index contributed by atoms with van der Waals surface area (Å²) in [6.45, 7) is 8.85. The minimum Gasteiger partial charge on any atom is -0.348 e. The maximum absolute atomic E-state index is 12.6. The van der Waals surface area contributed by atoms with E-state index in [-0.39, 0.29) is 24.3 Å². The number of hydrogen-bond acceptors (Lipinski definition) is 5. The van der Waals surface area contributed by atoms with Crippen LogP contribution in [0.4, 0.5) is 5.69 Å². The number of aryl methyl sites for hydroxylation is 1. The maximum atomic E-state index is 12.6. The third-order valence-electron chi connectivity index (χ3n) is 5.11.